The third-order valence-electron chi connectivity index (χ3n) is 4.76. The first-order valence-corrected chi connectivity index (χ1v) is 11.3. The molecule has 1 heterocycles. The van der Waals surface area contributed by atoms with Gasteiger partial charge in [0.15, 0.2) is 0 Å². The van der Waals surface area contributed by atoms with E-state index in [-0.39, 0.29) is 30.3 Å². The number of benzene rings is 2. The van der Waals surface area contributed by atoms with Gasteiger partial charge in [-0.05, 0) is 37.3 Å². The van der Waals surface area contributed by atoms with E-state index in [0.717, 1.165) is 6.08 Å². The number of amides is 3. The van der Waals surface area contributed by atoms with Gasteiger partial charge in [-0.25, -0.2) is 19.2 Å². The summed E-state index contributed by atoms with van der Waals surface area (Å²) in [5, 5.41) is 19.3. The lowest BCUT2D eigenvalue weighted by atomic mass is 10.1. The molecule has 0 radical (unpaired) electrons. The van der Waals surface area contributed by atoms with Crippen LogP contribution >= 0.6 is 15.9 Å². The van der Waals surface area contributed by atoms with Crippen LogP contribution < -0.4 is 26.0 Å². The van der Waals surface area contributed by atoms with Crippen molar-refractivity contribution in [3.63, 3.8) is 0 Å². The number of nitrogens with one attached hydrogen (secondary N) is 4. The molecule has 188 valence electrons. The minimum atomic E-state index is -1.31. The van der Waals surface area contributed by atoms with E-state index in [1.807, 2.05) is 5.32 Å². The van der Waals surface area contributed by atoms with Crippen LogP contribution in [-0.4, -0.2) is 52.2 Å². The Hall–Kier alpha value is -4.26. The van der Waals surface area contributed by atoms with Gasteiger partial charge in [-0.1, -0.05) is 22.5 Å². The van der Waals surface area contributed by atoms with E-state index in [2.05, 4.69) is 48.4 Å². The minimum Gasteiger partial charge on any atom is -0.489 e. The molecule has 2 aromatic carbocycles. The third kappa shape index (κ3) is 6.88. The van der Waals surface area contributed by atoms with Gasteiger partial charge < -0.3 is 31.1 Å². The maximum absolute atomic E-state index is 14.4. The third-order valence-corrected chi connectivity index (χ3v) is 5.25. The van der Waals surface area contributed by atoms with Gasteiger partial charge in [0.05, 0.1) is 23.4 Å². The number of carbonyl (C=O) groups excluding carboxylic acids is 2. The van der Waals surface area contributed by atoms with E-state index in [4.69, 9.17) is 9.84 Å². The minimum absolute atomic E-state index is 0.00823. The Kier molecular flexibility index (Phi) is 8.73. The highest BCUT2D eigenvalue weighted by molar-refractivity contribution is 9.10. The van der Waals surface area contributed by atoms with Crippen molar-refractivity contribution in [1.82, 2.24) is 20.6 Å². The van der Waals surface area contributed by atoms with Crippen molar-refractivity contribution in [2.75, 3.05) is 23.8 Å². The van der Waals surface area contributed by atoms with Gasteiger partial charge in [0.1, 0.15) is 36.4 Å². The van der Waals surface area contributed by atoms with Crippen LogP contribution in [0, 0.1) is 5.82 Å². The summed E-state index contributed by atoms with van der Waals surface area (Å²) in [6.07, 6.45) is 1.07. The molecule has 1 aromatic heterocycles. The molecule has 0 aliphatic carbocycles. The maximum atomic E-state index is 14.4. The molecule has 0 bridgehead atoms. The van der Waals surface area contributed by atoms with Crippen LogP contribution in [0.1, 0.15) is 6.92 Å². The van der Waals surface area contributed by atoms with Crippen molar-refractivity contribution in [3.05, 3.63) is 59.6 Å². The van der Waals surface area contributed by atoms with E-state index in [0.29, 0.717) is 21.2 Å². The zero-order valence-electron chi connectivity index (χ0n) is 19.0. The summed E-state index contributed by atoms with van der Waals surface area (Å²) in [5.74, 6) is -0.960. The lowest BCUT2D eigenvalue weighted by molar-refractivity contribution is -0.122. The number of carboxylic acid groups (broad SMARTS) is 1. The predicted molar refractivity (Wildman–Crippen MR) is 135 cm³/mol. The fraction of sp³-hybridized carbons (Fsp3) is 0.174. The van der Waals surface area contributed by atoms with E-state index < -0.39 is 29.8 Å². The van der Waals surface area contributed by atoms with Crippen LogP contribution in [0.3, 0.4) is 0 Å². The number of hydrogen-bond donors (Lipinski definition) is 5. The summed E-state index contributed by atoms with van der Waals surface area (Å²) < 4.78 is 20.7. The molecule has 0 aliphatic heterocycles. The smallest absolute Gasteiger partial charge is 0.405 e. The average molecular weight is 561 g/mol. The second kappa shape index (κ2) is 11.9. The highest BCUT2D eigenvalue weighted by Gasteiger charge is 2.16. The Morgan fingerprint density at radius 3 is 2.69 bits per heavy atom. The van der Waals surface area contributed by atoms with Crippen LogP contribution in [-0.2, 0) is 9.59 Å². The number of halogens is 2. The molecule has 1 unspecified atom stereocenters. The van der Waals surface area contributed by atoms with Crippen LogP contribution in [0.2, 0.25) is 0 Å². The fourth-order valence-electron chi connectivity index (χ4n) is 3.04. The monoisotopic (exact) mass is 560 g/mol. The number of fused-ring (bicyclic) bond motifs is 1. The Morgan fingerprint density at radius 2 is 2.00 bits per heavy atom. The Labute approximate surface area is 213 Å². The van der Waals surface area contributed by atoms with Crippen molar-refractivity contribution in [1.29, 1.82) is 0 Å². The first-order valence-electron chi connectivity index (χ1n) is 10.5. The number of anilines is 3. The van der Waals surface area contributed by atoms with Gasteiger partial charge in [0.2, 0.25) is 11.8 Å². The zero-order valence-corrected chi connectivity index (χ0v) is 20.6. The summed E-state index contributed by atoms with van der Waals surface area (Å²) in [6, 6.07) is 6.73. The summed E-state index contributed by atoms with van der Waals surface area (Å²) >= 11 is 3.21. The standard InChI is InChI=1S/C23H22BrFN6O5/c1-3-20(32)30-18-9-14-17(10-19(18)36-7-6-26-22(33)12(2)29-23(34)35)27-11-28-21(14)31-16-5-4-13(24)8-15(16)25/h3-5,8-12,29H,1,6-7H2,2H3,(H,26,33)(H,30,32)(H,34,35)(H,27,28,31). The molecule has 3 amide bonds. The van der Waals surface area contributed by atoms with Crippen LogP contribution in [0.15, 0.2) is 53.8 Å². The van der Waals surface area contributed by atoms with E-state index >= 15 is 0 Å². The van der Waals surface area contributed by atoms with E-state index in [1.165, 1.54) is 19.3 Å². The largest absolute Gasteiger partial charge is 0.489 e. The first-order chi connectivity index (χ1) is 17.2. The number of hydrogen-bond acceptors (Lipinski definition) is 7. The van der Waals surface area contributed by atoms with Gasteiger partial charge in [-0.3, -0.25) is 9.59 Å². The molecule has 0 spiro atoms. The van der Waals surface area contributed by atoms with Crippen molar-refractivity contribution >= 4 is 61.9 Å². The molecular formula is C23H22BrFN6O5. The van der Waals surface area contributed by atoms with Crippen molar-refractivity contribution in [3.8, 4) is 5.75 Å². The second-order valence-corrected chi connectivity index (χ2v) is 8.26. The molecule has 0 fully saturated rings. The molecule has 0 aliphatic rings. The van der Waals surface area contributed by atoms with Crippen molar-refractivity contribution < 1.29 is 28.6 Å². The van der Waals surface area contributed by atoms with Crippen molar-refractivity contribution in [2.24, 2.45) is 0 Å². The molecule has 0 saturated heterocycles. The highest BCUT2D eigenvalue weighted by Crippen LogP contribution is 2.34. The van der Waals surface area contributed by atoms with Gasteiger partial charge in [0.25, 0.3) is 0 Å². The number of ether oxygens (including phenoxy) is 1. The SMILES string of the molecule is C=CC(=O)Nc1cc2c(Nc3ccc(Br)cc3F)ncnc2cc1OCCNC(=O)C(C)NC(=O)O. The normalized spacial score (nSPS) is 11.3. The quantitative estimate of drug-likeness (QED) is 0.186. The molecular weight excluding hydrogens is 539 g/mol. The van der Waals surface area contributed by atoms with E-state index in [1.54, 1.807) is 24.3 Å². The molecule has 5 N–H and O–H groups in total. The molecule has 13 heteroatoms. The van der Waals surface area contributed by atoms with Crippen LogP contribution in [0.5, 0.6) is 5.75 Å². The van der Waals surface area contributed by atoms with Gasteiger partial charge in [0, 0.05) is 15.9 Å². The lowest BCUT2D eigenvalue weighted by Gasteiger charge is -2.16. The summed E-state index contributed by atoms with van der Waals surface area (Å²) in [4.78, 5) is 43.0. The second-order valence-electron chi connectivity index (χ2n) is 7.34. The van der Waals surface area contributed by atoms with Crippen LogP contribution in [0.25, 0.3) is 10.9 Å². The summed E-state index contributed by atoms with van der Waals surface area (Å²) in [6.45, 7) is 4.92. The lowest BCUT2D eigenvalue weighted by Crippen LogP contribution is -2.45. The fourth-order valence-corrected chi connectivity index (χ4v) is 3.38. The molecule has 36 heavy (non-hydrogen) atoms. The number of carbonyl (C=O) groups is 3. The Balaban J connectivity index is 1.83. The zero-order chi connectivity index (χ0) is 26.2. The maximum Gasteiger partial charge on any atom is 0.405 e. The summed E-state index contributed by atoms with van der Waals surface area (Å²) in [5.41, 5.74) is 0.909. The average Bonchev–Trinajstić information content (AvgIpc) is 2.83. The molecule has 3 aromatic rings. The summed E-state index contributed by atoms with van der Waals surface area (Å²) in [7, 11) is 0. The predicted octanol–water partition coefficient (Wildman–Crippen LogP) is 3.55. The highest BCUT2D eigenvalue weighted by atomic mass is 79.9. The van der Waals surface area contributed by atoms with Crippen LogP contribution in [0.4, 0.5) is 26.4 Å². The van der Waals surface area contributed by atoms with Gasteiger partial charge >= 0.3 is 6.09 Å². The molecule has 3 rings (SSSR count). The number of aromatic nitrogens is 2. The molecule has 0 saturated carbocycles. The number of nitrogens with zero attached hydrogens (tertiary/aromatic N) is 2. The van der Waals surface area contributed by atoms with Crippen molar-refractivity contribution in [2.45, 2.75) is 13.0 Å². The topological polar surface area (TPSA) is 155 Å². The Bertz CT molecular complexity index is 1320. The number of rotatable bonds is 10. The van der Waals surface area contributed by atoms with Gasteiger partial charge in [-0.15, -0.1) is 0 Å². The van der Waals surface area contributed by atoms with Gasteiger partial charge in [-0.2, -0.15) is 0 Å². The van der Waals surface area contributed by atoms with E-state index in [9.17, 15) is 18.8 Å². The Morgan fingerprint density at radius 1 is 1.22 bits per heavy atom. The first kappa shape index (κ1) is 26.3. The molecule has 1 atom stereocenters. The molecule has 11 nitrogen and oxygen atoms in total.